The fraction of sp³-hybridized carbons (Fsp3) is 0.667. The van der Waals surface area contributed by atoms with Crippen molar-refractivity contribution in [2.45, 2.75) is 59.3 Å². The van der Waals surface area contributed by atoms with Gasteiger partial charge in [-0.2, -0.15) is 0 Å². The molecule has 3 unspecified atom stereocenters. The van der Waals surface area contributed by atoms with Crippen LogP contribution in [0, 0.1) is 18.3 Å². The first-order valence-electron chi connectivity index (χ1n) is 8.05. The lowest BCUT2D eigenvalue weighted by Crippen LogP contribution is -2.63. The summed E-state index contributed by atoms with van der Waals surface area (Å²) in [5.41, 5.74) is 2.67. The van der Waals surface area contributed by atoms with Crippen LogP contribution in [0.5, 0.6) is 5.75 Å². The molecular weight excluding hydrogens is 262 g/mol. The highest BCUT2D eigenvalue weighted by atomic mass is 16.5. The molecule has 1 aliphatic heterocycles. The molecule has 0 bridgehead atoms. The molecule has 116 valence electrons. The average molecular weight is 289 g/mol. The molecule has 3 nitrogen and oxygen atoms in total. The molecular formula is C18H27NO2. The zero-order valence-corrected chi connectivity index (χ0v) is 13.8. The van der Waals surface area contributed by atoms with E-state index in [1.165, 1.54) is 17.7 Å². The van der Waals surface area contributed by atoms with E-state index in [1.54, 1.807) is 0 Å². The van der Waals surface area contributed by atoms with Gasteiger partial charge in [-0.1, -0.05) is 13.8 Å². The summed E-state index contributed by atoms with van der Waals surface area (Å²) in [7, 11) is 0. The minimum Gasteiger partial charge on any atom is -0.491 e. The minimum absolute atomic E-state index is 0.209. The van der Waals surface area contributed by atoms with Crippen LogP contribution < -0.4 is 10.1 Å². The number of rotatable bonds is 4. The highest BCUT2D eigenvalue weighted by Crippen LogP contribution is 2.53. The van der Waals surface area contributed by atoms with E-state index in [1.807, 2.05) is 0 Å². The van der Waals surface area contributed by atoms with E-state index in [-0.39, 0.29) is 11.5 Å². The summed E-state index contributed by atoms with van der Waals surface area (Å²) in [4.78, 5) is 0. The number of hydrogen-bond acceptors (Lipinski definition) is 3. The molecule has 0 radical (unpaired) electrons. The second-order valence-corrected chi connectivity index (χ2v) is 7.33. The maximum absolute atomic E-state index is 5.87. The average Bonchev–Trinajstić information content (AvgIpc) is 2.83. The Morgan fingerprint density at radius 2 is 2.10 bits per heavy atom. The highest BCUT2D eigenvalue weighted by molar-refractivity contribution is 5.55. The largest absolute Gasteiger partial charge is 0.491 e. The van der Waals surface area contributed by atoms with Crippen LogP contribution in [0.4, 0.5) is 5.69 Å². The van der Waals surface area contributed by atoms with Crippen molar-refractivity contribution in [3.05, 3.63) is 23.8 Å². The van der Waals surface area contributed by atoms with Gasteiger partial charge in [-0.25, -0.2) is 0 Å². The number of aryl methyl sites for hydroxylation is 1. The number of ether oxygens (including phenoxy) is 2. The lowest BCUT2D eigenvalue weighted by molar-refractivity contribution is -0.0923. The van der Waals surface area contributed by atoms with E-state index >= 15 is 0 Å². The van der Waals surface area contributed by atoms with Crippen LogP contribution in [-0.2, 0) is 4.74 Å². The Morgan fingerprint density at radius 1 is 1.33 bits per heavy atom. The molecule has 1 saturated carbocycles. The van der Waals surface area contributed by atoms with Gasteiger partial charge in [0.25, 0.3) is 0 Å². The maximum Gasteiger partial charge on any atom is 0.120 e. The Balaban J connectivity index is 1.73. The Hall–Kier alpha value is -1.22. The number of nitrogens with one attached hydrogen (secondary N) is 1. The van der Waals surface area contributed by atoms with Gasteiger partial charge in [0, 0.05) is 29.7 Å². The van der Waals surface area contributed by atoms with Crippen molar-refractivity contribution >= 4 is 5.69 Å². The molecule has 0 spiro atoms. The molecule has 3 rings (SSSR count). The van der Waals surface area contributed by atoms with E-state index in [0.717, 1.165) is 12.4 Å². The van der Waals surface area contributed by atoms with Crippen molar-refractivity contribution in [1.29, 1.82) is 0 Å². The summed E-state index contributed by atoms with van der Waals surface area (Å²) >= 11 is 0. The third-order valence-corrected chi connectivity index (χ3v) is 4.98. The fourth-order valence-electron chi connectivity index (χ4n) is 3.93. The molecule has 1 N–H and O–H groups in total. The van der Waals surface area contributed by atoms with Crippen LogP contribution in [0.15, 0.2) is 18.2 Å². The maximum atomic E-state index is 5.87. The van der Waals surface area contributed by atoms with Crippen LogP contribution in [0.1, 0.15) is 39.7 Å². The highest BCUT2D eigenvalue weighted by Gasteiger charge is 2.59. The van der Waals surface area contributed by atoms with Gasteiger partial charge in [0.05, 0.1) is 12.2 Å². The van der Waals surface area contributed by atoms with Crippen molar-refractivity contribution in [2.24, 2.45) is 11.3 Å². The molecule has 2 aliphatic rings. The second-order valence-electron chi connectivity index (χ2n) is 7.33. The summed E-state index contributed by atoms with van der Waals surface area (Å²) in [5, 5.41) is 3.75. The Labute approximate surface area is 128 Å². The van der Waals surface area contributed by atoms with Gasteiger partial charge >= 0.3 is 0 Å². The lowest BCUT2D eigenvalue weighted by atomic mass is 9.57. The molecule has 3 heteroatoms. The third kappa shape index (κ3) is 2.52. The molecule has 3 atom stereocenters. The Morgan fingerprint density at radius 3 is 2.76 bits per heavy atom. The normalized spacial score (nSPS) is 29.9. The number of fused-ring (bicyclic) bond motifs is 1. The van der Waals surface area contributed by atoms with Gasteiger partial charge in [0.1, 0.15) is 5.75 Å². The molecule has 2 fully saturated rings. The summed E-state index contributed by atoms with van der Waals surface area (Å²) in [6.45, 7) is 11.8. The molecule has 1 heterocycles. The van der Waals surface area contributed by atoms with Crippen molar-refractivity contribution < 1.29 is 9.47 Å². The minimum atomic E-state index is 0.209. The molecule has 0 amide bonds. The molecule has 1 aliphatic carbocycles. The summed E-state index contributed by atoms with van der Waals surface area (Å²) in [5.74, 6) is 1.61. The van der Waals surface area contributed by atoms with Crippen LogP contribution in [0.3, 0.4) is 0 Å². The SMILES string of the molecule is Cc1cc(OC(C)C)ccc1NC1C2CCOC2C1(C)C. The standard InChI is InChI=1S/C18H27NO2/c1-11(2)21-13-6-7-15(12(3)10-13)19-16-14-8-9-20-17(14)18(16,4)5/h6-7,10-11,14,16-17,19H,8-9H2,1-5H3. The topological polar surface area (TPSA) is 30.5 Å². The van der Waals surface area contributed by atoms with Crippen molar-refractivity contribution in [3.8, 4) is 5.75 Å². The molecule has 1 saturated heterocycles. The number of anilines is 1. The number of hydrogen-bond donors (Lipinski definition) is 1. The van der Waals surface area contributed by atoms with Gasteiger partial charge < -0.3 is 14.8 Å². The van der Waals surface area contributed by atoms with Crippen LogP contribution in [0.2, 0.25) is 0 Å². The molecule has 1 aromatic rings. The van der Waals surface area contributed by atoms with E-state index in [9.17, 15) is 0 Å². The van der Waals surface area contributed by atoms with Gasteiger partial charge in [-0.15, -0.1) is 0 Å². The monoisotopic (exact) mass is 289 g/mol. The first kappa shape index (κ1) is 14.7. The van der Waals surface area contributed by atoms with Crippen LogP contribution in [0.25, 0.3) is 0 Å². The van der Waals surface area contributed by atoms with Gasteiger partial charge in [0.15, 0.2) is 0 Å². The second kappa shape index (κ2) is 5.20. The van der Waals surface area contributed by atoms with Gasteiger partial charge in [-0.3, -0.25) is 0 Å². The zero-order chi connectivity index (χ0) is 15.2. The van der Waals surface area contributed by atoms with Crippen LogP contribution >= 0.6 is 0 Å². The summed E-state index contributed by atoms with van der Waals surface area (Å²) < 4.78 is 11.6. The van der Waals surface area contributed by atoms with Gasteiger partial charge in [0.2, 0.25) is 0 Å². The third-order valence-electron chi connectivity index (χ3n) is 4.98. The van der Waals surface area contributed by atoms with Crippen molar-refractivity contribution in [2.75, 3.05) is 11.9 Å². The van der Waals surface area contributed by atoms with E-state index in [0.29, 0.717) is 18.1 Å². The Bertz CT molecular complexity index is 524. The van der Waals surface area contributed by atoms with Crippen molar-refractivity contribution in [3.63, 3.8) is 0 Å². The molecule has 21 heavy (non-hydrogen) atoms. The predicted octanol–water partition coefficient (Wildman–Crippen LogP) is 4.01. The number of benzene rings is 1. The molecule has 0 aromatic heterocycles. The molecule has 1 aromatic carbocycles. The van der Waals surface area contributed by atoms with E-state index < -0.39 is 0 Å². The van der Waals surface area contributed by atoms with E-state index in [4.69, 9.17) is 9.47 Å². The van der Waals surface area contributed by atoms with Gasteiger partial charge in [-0.05, 0) is 51.0 Å². The van der Waals surface area contributed by atoms with Crippen molar-refractivity contribution in [1.82, 2.24) is 0 Å². The lowest BCUT2D eigenvalue weighted by Gasteiger charge is -2.55. The van der Waals surface area contributed by atoms with Crippen LogP contribution in [-0.4, -0.2) is 24.9 Å². The predicted molar refractivity (Wildman–Crippen MR) is 86.0 cm³/mol. The fourth-order valence-corrected chi connectivity index (χ4v) is 3.93. The smallest absolute Gasteiger partial charge is 0.120 e. The first-order valence-corrected chi connectivity index (χ1v) is 8.05. The summed E-state index contributed by atoms with van der Waals surface area (Å²) in [6, 6.07) is 6.83. The quantitative estimate of drug-likeness (QED) is 0.908. The first-order chi connectivity index (χ1) is 9.89. The summed E-state index contributed by atoms with van der Waals surface area (Å²) in [6.07, 6.45) is 1.82. The zero-order valence-electron chi connectivity index (χ0n) is 13.8. The van der Waals surface area contributed by atoms with E-state index in [2.05, 4.69) is 58.1 Å². The Kier molecular flexibility index (Phi) is 3.64.